The monoisotopic (exact) mass is 314 g/mol. The molecule has 0 amide bonds. The molecule has 0 fully saturated rings. The first-order valence-electron chi connectivity index (χ1n) is 5.53. The molecule has 0 aliphatic heterocycles. The number of nitrogens with zero attached hydrogens (tertiary/aromatic N) is 4. The van der Waals surface area contributed by atoms with Gasteiger partial charge in [0.15, 0.2) is 17.4 Å². The van der Waals surface area contributed by atoms with Crippen LogP contribution < -0.4 is 4.74 Å². The first-order chi connectivity index (χ1) is 8.70. The van der Waals surface area contributed by atoms with Crippen molar-refractivity contribution in [1.82, 2.24) is 20.2 Å². The Morgan fingerprint density at radius 2 is 2.28 bits per heavy atom. The lowest BCUT2D eigenvalue weighted by Gasteiger charge is -2.07. The lowest BCUT2D eigenvalue weighted by molar-refractivity contribution is 0.272. The molecule has 1 aromatic carbocycles. The van der Waals surface area contributed by atoms with Crippen molar-refractivity contribution in [3.63, 3.8) is 0 Å². The Labute approximate surface area is 112 Å². The van der Waals surface area contributed by atoms with Crippen molar-refractivity contribution < 1.29 is 9.13 Å². The van der Waals surface area contributed by atoms with Crippen LogP contribution in [-0.4, -0.2) is 20.2 Å². The van der Waals surface area contributed by atoms with Crippen molar-refractivity contribution in [2.75, 3.05) is 0 Å². The van der Waals surface area contributed by atoms with E-state index in [1.807, 2.05) is 6.92 Å². The average Bonchev–Trinajstić information content (AvgIpc) is 2.76. The number of rotatable bonds is 5. The van der Waals surface area contributed by atoms with Crippen LogP contribution in [-0.2, 0) is 13.2 Å². The van der Waals surface area contributed by atoms with Crippen molar-refractivity contribution in [1.29, 1.82) is 0 Å². The molecule has 7 heteroatoms. The van der Waals surface area contributed by atoms with E-state index in [-0.39, 0.29) is 12.4 Å². The van der Waals surface area contributed by atoms with Gasteiger partial charge < -0.3 is 4.74 Å². The molecule has 2 aromatic rings. The summed E-state index contributed by atoms with van der Waals surface area (Å²) < 4.78 is 21.2. The molecule has 2 rings (SSSR count). The SMILES string of the molecule is CCCn1nnnc1COc1ccc(Br)cc1F. The minimum atomic E-state index is -0.418. The third-order valence-corrected chi connectivity index (χ3v) is 2.79. The number of aryl methyl sites for hydroxylation is 1. The zero-order valence-corrected chi connectivity index (χ0v) is 11.4. The van der Waals surface area contributed by atoms with E-state index < -0.39 is 5.82 Å². The molecule has 0 N–H and O–H groups in total. The number of benzene rings is 1. The summed E-state index contributed by atoms with van der Waals surface area (Å²) in [5.74, 6) is 0.349. The fourth-order valence-corrected chi connectivity index (χ4v) is 1.78. The second-order valence-electron chi connectivity index (χ2n) is 3.68. The predicted molar refractivity (Wildman–Crippen MR) is 66.5 cm³/mol. The summed E-state index contributed by atoms with van der Waals surface area (Å²) in [4.78, 5) is 0. The van der Waals surface area contributed by atoms with Crippen molar-refractivity contribution in [2.45, 2.75) is 26.5 Å². The maximum absolute atomic E-state index is 13.5. The summed E-state index contributed by atoms with van der Waals surface area (Å²) >= 11 is 3.19. The number of hydrogen-bond donors (Lipinski definition) is 0. The Kier molecular flexibility index (Phi) is 4.24. The Balaban J connectivity index is 2.04. The second-order valence-corrected chi connectivity index (χ2v) is 4.60. The Bertz CT molecular complexity index is 532. The minimum absolute atomic E-state index is 0.144. The van der Waals surface area contributed by atoms with Gasteiger partial charge in [-0.2, -0.15) is 0 Å². The summed E-state index contributed by atoms with van der Waals surface area (Å²) in [5.41, 5.74) is 0. The molecule has 0 aliphatic rings. The van der Waals surface area contributed by atoms with Crippen LogP contribution >= 0.6 is 15.9 Å². The quantitative estimate of drug-likeness (QED) is 0.851. The molecule has 96 valence electrons. The van der Waals surface area contributed by atoms with Gasteiger partial charge in [0, 0.05) is 11.0 Å². The zero-order chi connectivity index (χ0) is 13.0. The highest BCUT2D eigenvalue weighted by molar-refractivity contribution is 9.10. The molecule has 0 atom stereocenters. The molecule has 0 unspecified atom stereocenters. The van der Waals surface area contributed by atoms with Crippen LogP contribution in [0.15, 0.2) is 22.7 Å². The van der Waals surface area contributed by atoms with Gasteiger partial charge in [-0.05, 0) is 35.0 Å². The van der Waals surface area contributed by atoms with Gasteiger partial charge in [-0.25, -0.2) is 9.07 Å². The minimum Gasteiger partial charge on any atom is -0.482 e. The number of aromatic nitrogens is 4. The molecular weight excluding hydrogens is 303 g/mol. The van der Waals surface area contributed by atoms with Crippen LogP contribution in [0, 0.1) is 5.82 Å². The summed E-state index contributed by atoms with van der Waals surface area (Å²) in [7, 11) is 0. The van der Waals surface area contributed by atoms with Gasteiger partial charge in [0.25, 0.3) is 0 Å². The van der Waals surface area contributed by atoms with Crippen LogP contribution in [0.5, 0.6) is 5.75 Å². The molecule has 0 bridgehead atoms. The number of halogens is 2. The molecular formula is C11H12BrFN4O. The van der Waals surface area contributed by atoms with Gasteiger partial charge in [0.1, 0.15) is 6.61 Å². The van der Waals surface area contributed by atoms with E-state index in [2.05, 4.69) is 31.5 Å². The number of hydrogen-bond acceptors (Lipinski definition) is 4. The molecule has 0 spiro atoms. The van der Waals surface area contributed by atoms with Crippen LogP contribution in [0.3, 0.4) is 0 Å². The Hall–Kier alpha value is -1.50. The first-order valence-corrected chi connectivity index (χ1v) is 6.33. The summed E-state index contributed by atoms with van der Waals surface area (Å²) in [6, 6.07) is 4.63. The fourth-order valence-electron chi connectivity index (χ4n) is 1.45. The highest BCUT2D eigenvalue weighted by Crippen LogP contribution is 2.22. The van der Waals surface area contributed by atoms with Crippen molar-refractivity contribution >= 4 is 15.9 Å². The van der Waals surface area contributed by atoms with Crippen molar-refractivity contribution in [3.8, 4) is 5.75 Å². The van der Waals surface area contributed by atoms with Gasteiger partial charge in [-0.1, -0.05) is 22.9 Å². The Morgan fingerprint density at radius 3 is 3.00 bits per heavy atom. The summed E-state index contributed by atoms with van der Waals surface area (Å²) in [6.45, 7) is 2.89. The number of tetrazole rings is 1. The van der Waals surface area contributed by atoms with E-state index in [9.17, 15) is 4.39 Å². The van der Waals surface area contributed by atoms with E-state index in [1.54, 1.807) is 16.8 Å². The van der Waals surface area contributed by atoms with E-state index >= 15 is 0 Å². The topological polar surface area (TPSA) is 52.8 Å². The zero-order valence-electron chi connectivity index (χ0n) is 9.81. The van der Waals surface area contributed by atoms with Crippen LogP contribution in [0.2, 0.25) is 0 Å². The van der Waals surface area contributed by atoms with Gasteiger partial charge in [0.05, 0.1) is 0 Å². The smallest absolute Gasteiger partial charge is 0.189 e. The van der Waals surface area contributed by atoms with E-state index in [4.69, 9.17) is 4.74 Å². The van der Waals surface area contributed by atoms with Gasteiger partial charge in [-0.3, -0.25) is 0 Å². The van der Waals surface area contributed by atoms with Gasteiger partial charge >= 0.3 is 0 Å². The maximum Gasteiger partial charge on any atom is 0.189 e. The third kappa shape index (κ3) is 3.04. The standard InChI is InChI=1S/C11H12BrFN4O/c1-2-5-17-11(14-15-16-17)7-18-10-4-3-8(12)6-9(10)13/h3-4,6H,2,5,7H2,1H3. The first kappa shape index (κ1) is 12.9. The summed E-state index contributed by atoms with van der Waals surface area (Å²) in [6.07, 6.45) is 0.921. The van der Waals surface area contributed by atoms with E-state index in [0.29, 0.717) is 16.8 Å². The van der Waals surface area contributed by atoms with Gasteiger partial charge in [-0.15, -0.1) is 5.10 Å². The van der Waals surface area contributed by atoms with E-state index in [0.717, 1.165) is 6.42 Å². The fraction of sp³-hybridized carbons (Fsp3) is 0.364. The van der Waals surface area contributed by atoms with Gasteiger partial charge in [0.2, 0.25) is 0 Å². The largest absolute Gasteiger partial charge is 0.482 e. The summed E-state index contributed by atoms with van der Waals surface area (Å²) in [5, 5.41) is 11.2. The second kappa shape index (κ2) is 5.90. The van der Waals surface area contributed by atoms with Crippen molar-refractivity contribution in [3.05, 3.63) is 34.3 Å². The highest BCUT2D eigenvalue weighted by Gasteiger charge is 2.08. The van der Waals surface area contributed by atoms with Crippen LogP contribution in [0.1, 0.15) is 19.2 Å². The predicted octanol–water partition coefficient (Wildman–Crippen LogP) is 2.56. The third-order valence-electron chi connectivity index (χ3n) is 2.29. The molecule has 5 nitrogen and oxygen atoms in total. The molecule has 0 aliphatic carbocycles. The lowest BCUT2D eigenvalue weighted by atomic mass is 10.3. The molecule has 0 radical (unpaired) electrons. The highest BCUT2D eigenvalue weighted by atomic mass is 79.9. The molecule has 1 aromatic heterocycles. The van der Waals surface area contributed by atoms with E-state index in [1.165, 1.54) is 6.07 Å². The van der Waals surface area contributed by atoms with Crippen LogP contribution in [0.4, 0.5) is 4.39 Å². The molecule has 1 heterocycles. The lowest BCUT2D eigenvalue weighted by Crippen LogP contribution is -2.09. The molecule has 18 heavy (non-hydrogen) atoms. The molecule has 0 saturated carbocycles. The van der Waals surface area contributed by atoms with Crippen molar-refractivity contribution in [2.24, 2.45) is 0 Å². The molecule has 0 saturated heterocycles. The number of ether oxygens (including phenoxy) is 1. The van der Waals surface area contributed by atoms with Crippen LogP contribution in [0.25, 0.3) is 0 Å². The average molecular weight is 315 g/mol. The Morgan fingerprint density at radius 1 is 1.44 bits per heavy atom. The maximum atomic E-state index is 13.5. The normalized spacial score (nSPS) is 10.6.